The van der Waals surface area contributed by atoms with Crippen molar-refractivity contribution in [1.82, 2.24) is 10.2 Å². The second kappa shape index (κ2) is 10.7. The molecule has 1 fully saturated rings. The van der Waals surface area contributed by atoms with Gasteiger partial charge >= 0.3 is 0 Å². The number of likely N-dealkylation sites (tertiary alicyclic amines) is 1. The summed E-state index contributed by atoms with van der Waals surface area (Å²) in [6, 6.07) is 0. The summed E-state index contributed by atoms with van der Waals surface area (Å²) in [7, 11) is 1.87. The fraction of sp³-hybridized carbons (Fsp3) is 0.929. The largest absolute Gasteiger partial charge is 0.378 e. The van der Waals surface area contributed by atoms with Crippen molar-refractivity contribution in [3.05, 3.63) is 0 Å². The molecule has 0 amide bonds. The number of hydrogen-bond acceptors (Lipinski definition) is 2. The number of halogens is 1. The molecule has 4 nitrogen and oxygen atoms in total. The first-order chi connectivity index (χ1) is 8.67. The van der Waals surface area contributed by atoms with E-state index in [9.17, 15) is 0 Å². The van der Waals surface area contributed by atoms with Crippen LogP contribution in [0.2, 0.25) is 0 Å². The van der Waals surface area contributed by atoms with Gasteiger partial charge in [0.2, 0.25) is 0 Å². The number of guanidine groups is 1. The molecule has 1 aliphatic rings. The summed E-state index contributed by atoms with van der Waals surface area (Å²) in [6.45, 7) is 10.5. The average molecular weight is 383 g/mol. The molecule has 0 unspecified atom stereocenters. The molecule has 1 saturated heterocycles. The van der Waals surface area contributed by atoms with E-state index in [0.717, 1.165) is 51.0 Å². The Morgan fingerprint density at radius 3 is 2.47 bits per heavy atom. The molecule has 0 aromatic carbocycles. The molecule has 0 spiro atoms. The van der Waals surface area contributed by atoms with Gasteiger partial charge in [-0.25, -0.2) is 0 Å². The normalized spacial score (nSPS) is 17.5. The van der Waals surface area contributed by atoms with Crippen molar-refractivity contribution in [1.29, 1.82) is 0 Å². The zero-order chi connectivity index (χ0) is 13.4. The van der Waals surface area contributed by atoms with Crippen LogP contribution in [0, 0.1) is 5.92 Å². The molecular weight excluding hydrogens is 353 g/mol. The van der Waals surface area contributed by atoms with Crippen molar-refractivity contribution in [2.24, 2.45) is 10.9 Å². The van der Waals surface area contributed by atoms with Crippen LogP contribution < -0.4 is 5.32 Å². The number of ether oxygens (including phenoxy) is 1. The molecule has 1 heterocycles. The number of nitrogens with one attached hydrogen (secondary N) is 1. The second-order valence-corrected chi connectivity index (χ2v) is 5.30. The van der Waals surface area contributed by atoms with Gasteiger partial charge in [0, 0.05) is 33.3 Å². The van der Waals surface area contributed by atoms with E-state index in [2.05, 4.69) is 36.0 Å². The predicted molar refractivity (Wildman–Crippen MR) is 92.5 cm³/mol. The molecule has 0 bridgehead atoms. The molecule has 1 aliphatic heterocycles. The highest BCUT2D eigenvalue weighted by molar-refractivity contribution is 14.0. The Morgan fingerprint density at radius 2 is 2.00 bits per heavy atom. The van der Waals surface area contributed by atoms with Crippen LogP contribution in [0.1, 0.15) is 40.0 Å². The third kappa shape index (κ3) is 7.34. The molecule has 0 saturated carbocycles. The van der Waals surface area contributed by atoms with Crippen LogP contribution >= 0.6 is 24.0 Å². The van der Waals surface area contributed by atoms with Crippen molar-refractivity contribution < 1.29 is 4.74 Å². The van der Waals surface area contributed by atoms with Gasteiger partial charge in [0.05, 0.1) is 6.10 Å². The van der Waals surface area contributed by atoms with Crippen LogP contribution in [-0.4, -0.2) is 50.3 Å². The summed E-state index contributed by atoms with van der Waals surface area (Å²) in [5.41, 5.74) is 0. The van der Waals surface area contributed by atoms with Gasteiger partial charge in [0.1, 0.15) is 0 Å². The van der Waals surface area contributed by atoms with Crippen LogP contribution in [-0.2, 0) is 4.74 Å². The zero-order valence-electron chi connectivity index (χ0n) is 12.8. The van der Waals surface area contributed by atoms with Crippen LogP contribution in [0.4, 0.5) is 0 Å². The maximum absolute atomic E-state index is 5.67. The molecule has 1 rings (SSSR count). The lowest BCUT2D eigenvalue weighted by molar-refractivity contribution is 0.0264. The Kier molecular flexibility index (Phi) is 10.7. The Labute approximate surface area is 135 Å². The fourth-order valence-corrected chi connectivity index (χ4v) is 2.27. The molecule has 114 valence electrons. The van der Waals surface area contributed by atoms with Gasteiger partial charge in [-0.2, -0.15) is 0 Å². The Bertz CT molecular complexity index is 251. The number of nitrogens with zero attached hydrogens (tertiary/aromatic N) is 2. The fourth-order valence-electron chi connectivity index (χ4n) is 2.27. The average Bonchev–Trinajstić information content (AvgIpc) is 2.36. The summed E-state index contributed by atoms with van der Waals surface area (Å²) in [5, 5.41) is 3.45. The molecule has 1 N–H and O–H groups in total. The van der Waals surface area contributed by atoms with Crippen molar-refractivity contribution in [2.45, 2.75) is 46.1 Å². The summed E-state index contributed by atoms with van der Waals surface area (Å²) in [5.74, 6) is 1.78. The minimum atomic E-state index is 0. The van der Waals surface area contributed by atoms with Crippen molar-refractivity contribution in [3.8, 4) is 0 Å². The minimum absolute atomic E-state index is 0. The first kappa shape index (κ1) is 19.0. The lowest BCUT2D eigenvalue weighted by Gasteiger charge is -2.34. The van der Waals surface area contributed by atoms with Gasteiger partial charge in [-0.3, -0.25) is 4.99 Å². The summed E-state index contributed by atoms with van der Waals surface area (Å²) in [4.78, 5) is 6.71. The van der Waals surface area contributed by atoms with E-state index in [0.29, 0.717) is 6.10 Å². The standard InChI is InChI=1S/C14H29N3O.HI/c1-5-18-13-7-10-17(11-8-13)14(15-4)16-9-6-12(2)3;/h12-13H,5-11H2,1-4H3,(H,15,16);1H. The molecule has 0 aromatic heterocycles. The van der Waals surface area contributed by atoms with E-state index in [1.165, 1.54) is 6.42 Å². The van der Waals surface area contributed by atoms with Crippen LogP contribution in [0.15, 0.2) is 4.99 Å². The van der Waals surface area contributed by atoms with Gasteiger partial charge in [0.15, 0.2) is 5.96 Å². The third-order valence-corrected chi connectivity index (χ3v) is 3.36. The highest BCUT2D eigenvalue weighted by atomic mass is 127. The van der Waals surface area contributed by atoms with E-state index in [1.54, 1.807) is 0 Å². The van der Waals surface area contributed by atoms with Gasteiger partial charge in [-0.05, 0) is 32.1 Å². The van der Waals surface area contributed by atoms with Gasteiger partial charge in [-0.15, -0.1) is 24.0 Å². The van der Waals surface area contributed by atoms with Crippen molar-refractivity contribution in [2.75, 3.05) is 33.3 Å². The lowest BCUT2D eigenvalue weighted by Crippen LogP contribution is -2.47. The maximum atomic E-state index is 5.67. The first-order valence-corrected chi connectivity index (χ1v) is 7.24. The second-order valence-electron chi connectivity index (χ2n) is 5.30. The smallest absolute Gasteiger partial charge is 0.193 e. The minimum Gasteiger partial charge on any atom is -0.378 e. The Hall–Kier alpha value is -0.0400. The first-order valence-electron chi connectivity index (χ1n) is 7.24. The quantitative estimate of drug-likeness (QED) is 0.451. The molecule has 5 heteroatoms. The van der Waals surface area contributed by atoms with Crippen molar-refractivity contribution in [3.63, 3.8) is 0 Å². The van der Waals surface area contributed by atoms with Gasteiger partial charge in [-0.1, -0.05) is 13.8 Å². The SMILES string of the molecule is CCOC1CCN(C(=NC)NCCC(C)C)CC1.I. The number of piperidine rings is 1. The highest BCUT2D eigenvalue weighted by Gasteiger charge is 2.21. The van der Waals surface area contributed by atoms with E-state index in [4.69, 9.17) is 4.74 Å². The molecule has 0 aliphatic carbocycles. The highest BCUT2D eigenvalue weighted by Crippen LogP contribution is 2.13. The summed E-state index contributed by atoms with van der Waals surface area (Å²) >= 11 is 0. The monoisotopic (exact) mass is 383 g/mol. The molecule has 19 heavy (non-hydrogen) atoms. The Balaban J connectivity index is 0.00000324. The van der Waals surface area contributed by atoms with Gasteiger partial charge < -0.3 is 15.0 Å². The van der Waals surface area contributed by atoms with E-state index in [-0.39, 0.29) is 24.0 Å². The van der Waals surface area contributed by atoms with Crippen molar-refractivity contribution >= 4 is 29.9 Å². The summed E-state index contributed by atoms with van der Waals surface area (Å²) < 4.78 is 5.67. The van der Waals surface area contributed by atoms with E-state index < -0.39 is 0 Å². The zero-order valence-corrected chi connectivity index (χ0v) is 15.1. The molecule has 0 aromatic rings. The third-order valence-electron chi connectivity index (χ3n) is 3.36. The predicted octanol–water partition coefficient (Wildman–Crippen LogP) is 2.73. The van der Waals surface area contributed by atoms with Crippen LogP contribution in [0.3, 0.4) is 0 Å². The van der Waals surface area contributed by atoms with E-state index in [1.807, 2.05) is 7.05 Å². The number of aliphatic imine (C=N–C) groups is 1. The van der Waals surface area contributed by atoms with Crippen LogP contribution in [0.5, 0.6) is 0 Å². The molecule has 0 radical (unpaired) electrons. The van der Waals surface area contributed by atoms with Gasteiger partial charge in [0.25, 0.3) is 0 Å². The number of rotatable bonds is 5. The van der Waals surface area contributed by atoms with Crippen LogP contribution in [0.25, 0.3) is 0 Å². The topological polar surface area (TPSA) is 36.9 Å². The number of hydrogen-bond donors (Lipinski definition) is 1. The molecular formula is C14H30IN3O. The summed E-state index contributed by atoms with van der Waals surface area (Å²) in [6.07, 6.45) is 3.85. The molecule has 0 atom stereocenters. The Morgan fingerprint density at radius 1 is 1.37 bits per heavy atom. The lowest BCUT2D eigenvalue weighted by atomic mass is 10.1. The maximum Gasteiger partial charge on any atom is 0.193 e. The van der Waals surface area contributed by atoms with E-state index >= 15 is 0 Å².